The van der Waals surface area contributed by atoms with Crippen LogP contribution in [-0.4, -0.2) is 86.6 Å². The normalized spacial score (nSPS) is 19.1. The Morgan fingerprint density at radius 3 is 1.78 bits per heavy atom. The molecule has 2 fully saturated rings. The van der Waals surface area contributed by atoms with E-state index < -0.39 is 0 Å². The lowest BCUT2D eigenvalue weighted by Crippen LogP contribution is -2.39. The largest absolute Gasteiger partial charge is 0.355 e. The van der Waals surface area contributed by atoms with E-state index in [2.05, 4.69) is 46.5 Å². The van der Waals surface area contributed by atoms with Gasteiger partial charge in [0.25, 0.3) is 0 Å². The number of nitrogens with one attached hydrogen (secondary N) is 3. The number of rotatable bonds is 15. The number of carbonyl (C=O) groups is 2. The van der Waals surface area contributed by atoms with Gasteiger partial charge in [0.15, 0.2) is 0 Å². The molecule has 3 N–H and O–H groups in total. The number of carbonyl (C=O) groups excluding carboxylic acids is 2. The molecule has 0 spiro atoms. The van der Waals surface area contributed by atoms with Crippen molar-refractivity contribution in [2.24, 2.45) is 17.3 Å². The Kier molecular flexibility index (Phi) is 14.3. The number of nitrogens with zero attached hydrogens (tertiary/aromatic N) is 2. The SMILES string of the molecule is CC(C)NC(=O)CCN1CCC(CCCC2CCN(CCC(=O)NCCNCC(C)(C)C)CC2)CC1. The summed E-state index contributed by atoms with van der Waals surface area (Å²) in [4.78, 5) is 28.9. The fourth-order valence-corrected chi connectivity index (χ4v) is 5.45. The monoisotopic (exact) mass is 507 g/mol. The molecule has 2 amide bonds. The number of hydrogen-bond donors (Lipinski definition) is 3. The maximum absolute atomic E-state index is 12.1. The first kappa shape index (κ1) is 31.0. The first-order valence-electron chi connectivity index (χ1n) is 14.8. The molecule has 2 rings (SSSR count). The van der Waals surface area contributed by atoms with E-state index in [-0.39, 0.29) is 23.3 Å². The number of hydrogen-bond acceptors (Lipinski definition) is 5. The second-order valence-electron chi connectivity index (χ2n) is 12.8. The topological polar surface area (TPSA) is 76.7 Å². The molecular weight excluding hydrogens is 450 g/mol. The maximum Gasteiger partial charge on any atom is 0.221 e. The van der Waals surface area contributed by atoms with Crippen LogP contribution in [0.2, 0.25) is 0 Å². The van der Waals surface area contributed by atoms with Gasteiger partial charge in [0, 0.05) is 51.6 Å². The molecule has 0 aromatic rings. The molecule has 36 heavy (non-hydrogen) atoms. The molecular formula is C29H57N5O2. The lowest BCUT2D eigenvalue weighted by atomic mass is 9.87. The number of piperidine rings is 2. The van der Waals surface area contributed by atoms with Crippen LogP contribution in [0.5, 0.6) is 0 Å². The summed E-state index contributed by atoms with van der Waals surface area (Å²) in [5, 5.41) is 9.44. The Morgan fingerprint density at radius 1 is 0.806 bits per heavy atom. The van der Waals surface area contributed by atoms with E-state index >= 15 is 0 Å². The van der Waals surface area contributed by atoms with Crippen LogP contribution in [0.3, 0.4) is 0 Å². The third-order valence-corrected chi connectivity index (χ3v) is 7.68. The van der Waals surface area contributed by atoms with E-state index in [1.807, 2.05) is 13.8 Å². The molecule has 0 unspecified atom stereocenters. The van der Waals surface area contributed by atoms with Crippen molar-refractivity contribution in [1.82, 2.24) is 25.8 Å². The van der Waals surface area contributed by atoms with Crippen molar-refractivity contribution in [1.29, 1.82) is 0 Å². The van der Waals surface area contributed by atoms with Gasteiger partial charge in [0.05, 0.1) is 0 Å². The molecule has 0 aromatic heterocycles. The summed E-state index contributed by atoms with van der Waals surface area (Å²) in [6.07, 6.45) is 10.5. The van der Waals surface area contributed by atoms with Crippen molar-refractivity contribution in [3.63, 3.8) is 0 Å². The predicted octanol–water partition coefficient (Wildman–Crippen LogP) is 3.64. The Balaban J connectivity index is 1.44. The highest BCUT2D eigenvalue weighted by Crippen LogP contribution is 2.27. The molecule has 2 aliphatic heterocycles. The van der Waals surface area contributed by atoms with Crippen LogP contribution >= 0.6 is 0 Å². The lowest BCUT2D eigenvalue weighted by molar-refractivity contribution is -0.122. The first-order valence-corrected chi connectivity index (χ1v) is 14.8. The fraction of sp³-hybridized carbons (Fsp3) is 0.931. The highest BCUT2D eigenvalue weighted by molar-refractivity contribution is 5.76. The van der Waals surface area contributed by atoms with Crippen LogP contribution < -0.4 is 16.0 Å². The van der Waals surface area contributed by atoms with Crippen LogP contribution in [0, 0.1) is 17.3 Å². The van der Waals surface area contributed by atoms with E-state index in [0.717, 1.165) is 64.2 Å². The summed E-state index contributed by atoms with van der Waals surface area (Å²) >= 11 is 0. The van der Waals surface area contributed by atoms with E-state index in [1.54, 1.807) is 0 Å². The number of amides is 2. The van der Waals surface area contributed by atoms with E-state index in [0.29, 0.717) is 19.4 Å². The molecule has 0 aliphatic carbocycles. The van der Waals surface area contributed by atoms with Crippen LogP contribution in [-0.2, 0) is 9.59 Å². The highest BCUT2D eigenvalue weighted by atomic mass is 16.2. The van der Waals surface area contributed by atoms with Crippen molar-refractivity contribution in [2.75, 3.05) is 58.9 Å². The zero-order valence-electron chi connectivity index (χ0n) is 24.2. The van der Waals surface area contributed by atoms with Gasteiger partial charge in [-0.2, -0.15) is 0 Å². The van der Waals surface area contributed by atoms with Gasteiger partial charge < -0.3 is 25.8 Å². The van der Waals surface area contributed by atoms with E-state index in [4.69, 9.17) is 0 Å². The molecule has 0 radical (unpaired) electrons. The summed E-state index contributed by atoms with van der Waals surface area (Å²) < 4.78 is 0. The average molecular weight is 508 g/mol. The van der Waals surface area contributed by atoms with Gasteiger partial charge in [-0.3, -0.25) is 9.59 Å². The second kappa shape index (κ2) is 16.6. The van der Waals surface area contributed by atoms with Crippen molar-refractivity contribution in [3.05, 3.63) is 0 Å². The van der Waals surface area contributed by atoms with Gasteiger partial charge >= 0.3 is 0 Å². The van der Waals surface area contributed by atoms with Crippen LogP contribution in [0.15, 0.2) is 0 Å². The molecule has 210 valence electrons. The van der Waals surface area contributed by atoms with Crippen LogP contribution in [0.4, 0.5) is 0 Å². The molecule has 0 aromatic carbocycles. The molecule has 2 heterocycles. The summed E-state index contributed by atoms with van der Waals surface area (Å²) in [5.74, 6) is 2.09. The minimum atomic E-state index is 0.180. The Bertz CT molecular complexity index is 618. The highest BCUT2D eigenvalue weighted by Gasteiger charge is 2.22. The smallest absolute Gasteiger partial charge is 0.221 e. The van der Waals surface area contributed by atoms with Gasteiger partial charge in [-0.05, 0) is 83.0 Å². The van der Waals surface area contributed by atoms with E-state index in [1.165, 1.54) is 44.9 Å². The van der Waals surface area contributed by atoms with Gasteiger partial charge in [0.1, 0.15) is 0 Å². The minimum Gasteiger partial charge on any atom is -0.355 e. The zero-order chi connectivity index (χ0) is 26.4. The molecule has 7 nitrogen and oxygen atoms in total. The molecule has 2 saturated heterocycles. The van der Waals surface area contributed by atoms with E-state index in [9.17, 15) is 9.59 Å². The van der Waals surface area contributed by atoms with Crippen molar-refractivity contribution < 1.29 is 9.59 Å². The zero-order valence-corrected chi connectivity index (χ0v) is 24.2. The second-order valence-corrected chi connectivity index (χ2v) is 12.8. The molecule has 0 saturated carbocycles. The molecule has 7 heteroatoms. The summed E-state index contributed by atoms with van der Waals surface area (Å²) in [5.41, 5.74) is 0.280. The number of likely N-dealkylation sites (tertiary alicyclic amines) is 2. The lowest BCUT2D eigenvalue weighted by Gasteiger charge is -2.33. The van der Waals surface area contributed by atoms with Gasteiger partial charge in [-0.15, -0.1) is 0 Å². The Hall–Kier alpha value is -1.18. The minimum absolute atomic E-state index is 0.180. The Morgan fingerprint density at radius 2 is 1.31 bits per heavy atom. The Labute approximate surface area is 221 Å². The van der Waals surface area contributed by atoms with Gasteiger partial charge in [-0.1, -0.05) is 40.0 Å². The molecule has 2 aliphatic rings. The molecule has 0 bridgehead atoms. The quantitative estimate of drug-likeness (QED) is 0.295. The van der Waals surface area contributed by atoms with Crippen molar-refractivity contribution >= 4 is 11.8 Å². The van der Waals surface area contributed by atoms with Crippen LogP contribution in [0.1, 0.15) is 92.4 Å². The molecule has 0 atom stereocenters. The third kappa shape index (κ3) is 14.5. The van der Waals surface area contributed by atoms with Crippen LogP contribution in [0.25, 0.3) is 0 Å². The summed E-state index contributed by atoms with van der Waals surface area (Å²) in [6, 6.07) is 0.234. The fourth-order valence-electron chi connectivity index (χ4n) is 5.45. The maximum atomic E-state index is 12.1. The summed E-state index contributed by atoms with van der Waals surface area (Å²) in [6.45, 7) is 19.6. The van der Waals surface area contributed by atoms with Crippen molar-refractivity contribution in [2.45, 2.75) is 98.4 Å². The predicted molar refractivity (Wildman–Crippen MR) is 150 cm³/mol. The third-order valence-electron chi connectivity index (χ3n) is 7.68. The van der Waals surface area contributed by atoms with Crippen molar-refractivity contribution in [3.8, 4) is 0 Å². The van der Waals surface area contributed by atoms with Gasteiger partial charge in [-0.25, -0.2) is 0 Å². The standard InChI is InChI=1S/C29H57N5O2/c1-24(2)32-28(36)14-22-34-19-11-26(12-20-34)8-6-7-25-9-17-33(18-10-25)21-13-27(35)31-16-15-30-23-29(3,4)5/h24-26,30H,6-23H2,1-5H3,(H,31,35)(H,32,36). The van der Waals surface area contributed by atoms with Gasteiger partial charge in [0.2, 0.25) is 11.8 Å². The summed E-state index contributed by atoms with van der Waals surface area (Å²) in [7, 11) is 0. The first-order chi connectivity index (χ1) is 17.1. The average Bonchev–Trinajstić information content (AvgIpc) is 2.81.